The van der Waals surface area contributed by atoms with Crippen molar-refractivity contribution in [2.75, 3.05) is 0 Å². The second-order valence-electron chi connectivity index (χ2n) is 15.2. The average molecular weight is 749 g/mol. The zero-order chi connectivity index (χ0) is 34.3. The van der Waals surface area contributed by atoms with Gasteiger partial charge in [0.05, 0.1) is 0 Å². The van der Waals surface area contributed by atoms with Gasteiger partial charge in [-0.3, -0.25) is 0 Å². The first-order chi connectivity index (χ1) is 22.2. The Hall–Kier alpha value is -2.81. The molecule has 4 aromatic carbocycles. The van der Waals surface area contributed by atoms with Crippen molar-refractivity contribution in [3.05, 3.63) is 129 Å². The van der Waals surface area contributed by atoms with Crippen molar-refractivity contribution in [2.45, 2.75) is 105 Å². The van der Waals surface area contributed by atoms with E-state index >= 15 is 0 Å². The summed E-state index contributed by atoms with van der Waals surface area (Å²) in [6, 6.07) is 30.9. The molecule has 0 aliphatic carbocycles. The predicted octanol–water partition coefficient (Wildman–Crippen LogP) is 10.2. The number of ether oxygens (including phenoxy) is 1. The molecule has 47 heavy (non-hydrogen) atoms. The zero-order valence-electron chi connectivity index (χ0n) is 30.6. The van der Waals surface area contributed by atoms with Crippen LogP contribution in [0.25, 0.3) is 11.5 Å². The summed E-state index contributed by atoms with van der Waals surface area (Å²) in [5.41, 5.74) is 10.4. The van der Waals surface area contributed by atoms with Gasteiger partial charge in [-0.25, -0.2) is 0 Å². The number of rotatable bonds is 7. The molecule has 4 heteroatoms. The molecular formula is C43H53AsGeO2. The molecule has 0 radical (unpaired) electrons. The number of hydrogen-bond donors (Lipinski definition) is 0. The summed E-state index contributed by atoms with van der Waals surface area (Å²) in [7, 11) is 0. The minimum atomic E-state index is -3.95. The Balaban J connectivity index is 2.01. The van der Waals surface area contributed by atoms with E-state index in [9.17, 15) is 0 Å². The maximum atomic E-state index is 8.08. The molecule has 246 valence electrons. The number of benzene rings is 4. The van der Waals surface area contributed by atoms with Crippen LogP contribution in [0.1, 0.15) is 125 Å². The molecule has 2 nitrogen and oxygen atoms in total. The Kier molecular flexibility index (Phi) is 10.5. The fourth-order valence-electron chi connectivity index (χ4n) is 6.94. The van der Waals surface area contributed by atoms with Crippen LogP contribution in [-0.4, -0.2) is 32.2 Å². The Labute approximate surface area is 293 Å². The summed E-state index contributed by atoms with van der Waals surface area (Å²) < 4.78 is 19.7. The van der Waals surface area contributed by atoms with Gasteiger partial charge in [0.15, 0.2) is 0 Å². The standard InChI is InChI=1S/C43H53AsGeO2/c1-27(2)35-25-36(28(3)4)39(37(26-35)29(5)6)45(43(10,11)12)42(44-38-31(8)23-30(7)24-32(38)9)46-40(33-19-15-13-16-20-33)41(47-45)34-21-17-14-18-22-34/h13-29H,1-12H3. The molecule has 0 bridgehead atoms. The molecule has 1 unspecified atom stereocenters. The first-order valence-electron chi connectivity index (χ1n) is 17.2. The van der Waals surface area contributed by atoms with Crippen LogP contribution in [0.3, 0.4) is 0 Å². The normalized spacial score (nSPS) is 17.9. The van der Waals surface area contributed by atoms with E-state index in [1.54, 1.807) is 0 Å². The molecule has 0 saturated heterocycles. The van der Waals surface area contributed by atoms with Crippen molar-refractivity contribution in [1.82, 2.24) is 0 Å². The van der Waals surface area contributed by atoms with Gasteiger partial charge in [-0.15, -0.1) is 0 Å². The summed E-state index contributed by atoms with van der Waals surface area (Å²) in [4.78, 5) is 0. The minimum absolute atomic E-state index is 0.174. The monoisotopic (exact) mass is 750 g/mol. The van der Waals surface area contributed by atoms with Gasteiger partial charge >= 0.3 is 296 Å². The average Bonchev–Trinajstić information content (AvgIpc) is 3.02. The fourth-order valence-corrected chi connectivity index (χ4v) is 26.5. The number of aryl methyl sites for hydroxylation is 3. The van der Waals surface area contributed by atoms with E-state index in [0.29, 0.717) is 17.8 Å². The molecule has 5 rings (SSSR count). The van der Waals surface area contributed by atoms with Crippen LogP contribution in [0.5, 0.6) is 0 Å². The third kappa shape index (κ3) is 6.88. The first kappa shape index (κ1) is 35.5. The van der Waals surface area contributed by atoms with E-state index in [4.69, 9.17) is 8.50 Å². The van der Waals surface area contributed by atoms with Gasteiger partial charge in [0, 0.05) is 0 Å². The Morgan fingerprint density at radius 3 is 1.51 bits per heavy atom. The van der Waals surface area contributed by atoms with Gasteiger partial charge < -0.3 is 0 Å². The van der Waals surface area contributed by atoms with E-state index in [1.807, 2.05) is 0 Å². The van der Waals surface area contributed by atoms with Gasteiger partial charge in [-0.1, -0.05) is 0 Å². The first-order valence-corrected chi connectivity index (χ1v) is 23.1. The second kappa shape index (κ2) is 14.0. The second-order valence-corrected chi connectivity index (χ2v) is 27.8. The van der Waals surface area contributed by atoms with E-state index in [-0.39, 0.29) is 4.25 Å². The van der Waals surface area contributed by atoms with Gasteiger partial charge in [0.25, 0.3) is 0 Å². The Bertz CT molecular complexity index is 1760. The van der Waals surface area contributed by atoms with Crippen molar-refractivity contribution in [3.8, 4) is 0 Å². The molecule has 0 aromatic heterocycles. The van der Waals surface area contributed by atoms with Crippen LogP contribution in [0.2, 0.25) is 4.25 Å². The van der Waals surface area contributed by atoms with E-state index in [2.05, 4.69) is 168 Å². The molecule has 1 atom stereocenters. The molecule has 1 aliphatic rings. The van der Waals surface area contributed by atoms with Crippen molar-refractivity contribution in [2.24, 2.45) is 0 Å². The quantitative estimate of drug-likeness (QED) is 0.175. The summed E-state index contributed by atoms with van der Waals surface area (Å²) >= 11 is -4.45. The zero-order valence-corrected chi connectivity index (χ0v) is 34.6. The van der Waals surface area contributed by atoms with Crippen molar-refractivity contribution < 1.29 is 8.50 Å². The summed E-state index contributed by atoms with van der Waals surface area (Å²) in [5.74, 6) is 2.85. The molecule has 1 heterocycles. The van der Waals surface area contributed by atoms with Gasteiger partial charge in [-0.2, -0.15) is 0 Å². The molecule has 4 aromatic rings. The molecule has 0 saturated carbocycles. The van der Waals surface area contributed by atoms with E-state index in [0.717, 1.165) is 22.6 Å². The van der Waals surface area contributed by atoms with Crippen LogP contribution in [0, 0.1) is 20.8 Å². The van der Waals surface area contributed by atoms with Crippen molar-refractivity contribution >= 4 is 52.5 Å². The molecule has 1 aliphatic heterocycles. The maximum absolute atomic E-state index is 8.08. The number of hydrogen-bond acceptors (Lipinski definition) is 2. The van der Waals surface area contributed by atoms with E-state index < -0.39 is 28.9 Å². The van der Waals surface area contributed by atoms with Crippen LogP contribution in [-0.2, 0) is 8.50 Å². The molecular weight excluding hydrogens is 696 g/mol. The van der Waals surface area contributed by atoms with Crippen LogP contribution < -0.4 is 8.75 Å². The van der Waals surface area contributed by atoms with Crippen LogP contribution in [0.4, 0.5) is 0 Å². The van der Waals surface area contributed by atoms with Gasteiger partial charge in [0.1, 0.15) is 0 Å². The Morgan fingerprint density at radius 2 is 1.09 bits per heavy atom. The topological polar surface area (TPSA) is 18.5 Å². The summed E-state index contributed by atoms with van der Waals surface area (Å²) in [6.45, 7) is 28.1. The molecule has 0 amide bonds. The van der Waals surface area contributed by atoms with Crippen molar-refractivity contribution in [1.29, 1.82) is 0 Å². The van der Waals surface area contributed by atoms with Gasteiger partial charge in [0.2, 0.25) is 0 Å². The van der Waals surface area contributed by atoms with Crippen LogP contribution >= 0.6 is 0 Å². The predicted molar refractivity (Wildman–Crippen MR) is 207 cm³/mol. The summed E-state index contributed by atoms with van der Waals surface area (Å²) in [5, 5.41) is 0. The Morgan fingerprint density at radius 1 is 0.617 bits per heavy atom. The molecule has 0 spiro atoms. The van der Waals surface area contributed by atoms with E-state index in [1.165, 1.54) is 45.5 Å². The van der Waals surface area contributed by atoms with Crippen LogP contribution in [0.15, 0.2) is 84.9 Å². The molecule has 0 fully saturated rings. The fraction of sp³-hybridized carbons (Fsp3) is 0.372. The van der Waals surface area contributed by atoms with Gasteiger partial charge in [-0.05, 0) is 0 Å². The third-order valence-electron chi connectivity index (χ3n) is 9.42. The third-order valence-corrected chi connectivity index (χ3v) is 26.3. The SMILES string of the molecule is Cc1cc(C)c([As]=[C]2OC(c3ccccc3)=C(c3ccccc3)[O][Ge]2([c]2c(C(C)C)cc(C(C)C)cc2C(C)C)[C](C)(C)C)c(C)c1. The molecule has 0 N–H and O–H groups in total. The van der Waals surface area contributed by atoms with Crippen molar-refractivity contribution in [3.63, 3.8) is 0 Å². The summed E-state index contributed by atoms with van der Waals surface area (Å²) in [6.07, 6.45) is 0.